The average Bonchev–Trinajstić information content (AvgIpc) is 2.75. The Kier molecular flexibility index (Phi) is 7.21. The maximum atomic E-state index is 12.0. The lowest BCUT2D eigenvalue weighted by atomic mass is 10.2. The van der Waals surface area contributed by atoms with Crippen molar-refractivity contribution in [3.63, 3.8) is 0 Å². The average molecular weight is 475 g/mol. The van der Waals surface area contributed by atoms with Crippen molar-refractivity contribution < 1.29 is 14.3 Å². The van der Waals surface area contributed by atoms with Crippen LogP contribution in [0, 0.1) is 0 Å². The Morgan fingerprint density at radius 3 is 2.79 bits per heavy atom. The second-order valence-electron chi connectivity index (χ2n) is 5.85. The van der Waals surface area contributed by atoms with E-state index < -0.39 is 0 Å². The fourth-order valence-corrected chi connectivity index (χ4v) is 3.03. The van der Waals surface area contributed by atoms with Gasteiger partial charge >= 0.3 is 0 Å². The maximum Gasteiger partial charge on any atom is 0.272 e. The Morgan fingerprint density at radius 2 is 2.07 bits per heavy atom. The van der Waals surface area contributed by atoms with Crippen LogP contribution in [0.25, 0.3) is 0 Å². The van der Waals surface area contributed by atoms with Crippen molar-refractivity contribution in [2.24, 2.45) is 5.10 Å². The van der Waals surface area contributed by atoms with Crippen molar-refractivity contribution in [3.05, 3.63) is 87.1 Å². The lowest BCUT2D eigenvalue weighted by Crippen LogP contribution is -2.17. The van der Waals surface area contributed by atoms with E-state index in [-0.39, 0.29) is 5.91 Å². The molecule has 6 nitrogen and oxygen atoms in total. The molecule has 29 heavy (non-hydrogen) atoms. The lowest BCUT2D eigenvalue weighted by molar-refractivity contribution is 0.0955. The number of benzene rings is 2. The van der Waals surface area contributed by atoms with Gasteiger partial charge in [0.05, 0.1) is 18.9 Å². The van der Waals surface area contributed by atoms with E-state index in [0.29, 0.717) is 34.3 Å². The van der Waals surface area contributed by atoms with Gasteiger partial charge in [0.25, 0.3) is 5.91 Å². The molecule has 0 aliphatic heterocycles. The highest BCUT2D eigenvalue weighted by Gasteiger charge is 2.11. The Morgan fingerprint density at radius 1 is 1.24 bits per heavy atom. The summed E-state index contributed by atoms with van der Waals surface area (Å²) in [6, 6.07) is 14.3. The molecular weight excluding hydrogens is 458 g/mol. The van der Waals surface area contributed by atoms with E-state index in [0.717, 1.165) is 10.0 Å². The van der Waals surface area contributed by atoms with Crippen LogP contribution in [0.1, 0.15) is 21.5 Å². The highest BCUT2D eigenvalue weighted by molar-refractivity contribution is 9.10. The third kappa shape index (κ3) is 5.56. The number of halogens is 2. The summed E-state index contributed by atoms with van der Waals surface area (Å²) in [5, 5.41) is 4.63. The summed E-state index contributed by atoms with van der Waals surface area (Å²) in [5.74, 6) is 0.730. The molecule has 0 fully saturated rings. The molecule has 0 bridgehead atoms. The summed E-state index contributed by atoms with van der Waals surface area (Å²) in [5.41, 5.74) is 4.46. The van der Waals surface area contributed by atoms with Crippen molar-refractivity contribution >= 4 is 39.7 Å². The molecule has 0 aliphatic rings. The molecule has 8 heteroatoms. The molecule has 0 saturated carbocycles. The number of nitrogens with one attached hydrogen (secondary N) is 1. The highest BCUT2D eigenvalue weighted by atomic mass is 79.9. The van der Waals surface area contributed by atoms with E-state index in [4.69, 9.17) is 21.1 Å². The number of hydrogen-bond acceptors (Lipinski definition) is 5. The van der Waals surface area contributed by atoms with Gasteiger partial charge in [-0.3, -0.25) is 9.78 Å². The molecule has 1 amide bonds. The van der Waals surface area contributed by atoms with Gasteiger partial charge in [-0.2, -0.15) is 5.10 Å². The molecular formula is C21H17BrClN3O3. The number of carbonyl (C=O) groups excluding carboxylic acids is 1. The van der Waals surface area contributed by atoms with E-state index in [1.54, 1.807) is 37.6 Å². The van der Waals surface area contributed by atoms with Gasteiger partial charge in [0.15, 0.2) is 11.5 Å². The molecule has 3 rings (SSSR count). The van der Waals surface area contributed by atoms with Crippen LogP contribution in [0.5, 0.6) is 11.5 Å². The zero-order chi connectivity index (χ0) is 20.6. The summed E-state index contributed by atoms with van der Waals surface area (Å²) in [6.07, 6.45) is 4.58. The summed E-state index contributed by atoms with van der Waals surface area (Å²) in [7, 11) is 1.55. The molecule has 1 heterocycles. The molecule has 1 N–H and O–H groups in total. The van der Waals surface area contributed by atoms with Gasteiger partial charge < -0.3 is 9.47 Å². The van der Waals surface area contributed by atoms with Crippen LogP contribution in [-0.2, 0) is 6.61 Å². The first-order valence-corrected chi connectivity index (χ1v) is 9.72. The van der Waals surface area contributed by atoms with E-state index in [2.05, 4.69) is 31.4 Å². The highest BCUT2D eigenvalue weighted by Crippen LogP contribution is 2.33. The van der Waals surface area contributed by atoms with Crippen LogP contribution in [-0.4, -0.2) is 24.2 Å². The van der Waals surface area contributed by atoms with Crippen LogP contribution in [0.3, 0.4) is 0 Å². The largest absolute Gasteiger partial charge is 0.493 e. The minimum absolute atomic E-state index is 0.303. The number of aromatic nitrogens is 1. The minimum Gasteiger partial charge on any atom is -0.493 e. The van der Waals surface area contributed by atoms with Crippen LogP contribution in [0.4, 0.5) is 0 Å². The van der Waals surface area contributed by atoms with Crippen molar-refractivity contribution in [1.82, 2.24) is 10.4 Å². The molecule has 0 aliphatic carbocycles. The Labute approximate surface area is 181 Å². The quantitative estimate of drug-likeness (QED) is 0.392. The third-order valence-corrected chi connectivity index (χ3v) is 4.97. The SMILES string of the molecule is COc1cc(/C=N\NC(=O)c2cccnc2)c(Br)cc1OCc1ccccc1Cl. The van der Waals surface area contributed by atoms with E-state index >= 15 is 0 Å². The molecule has 148 valence electrons. The topological polar surface area (TPSA) is 72.8 Å². The number of hydrazone groups is 1. The minimum atomic E-state index is -0.350. The molecule has 2 aromatic carbocycles. The van der Waals surface area contributed by atoms with Gasteiger partial charge in [0.2, 0.25) is 0 Å². The lowest BCUT2D eigenvalue weighted by Gasteiger charge is -2.13. The first kappa shape index (κ1) is 20.8. The van der Waals surface area contributed by atoms with Crippen LogP contribution < -0.4 is 14.9 Å². The zero-order valence-electron chi connectivity index (χ0n) is 15.4. The summed E-state index contributed by atoms with van der Waals surface area (Å²) in [6.45, 7) is 0.303. The number of carbonyl (C=O) groups is 1. The molecule has 1 aromatic heterocycles. The standard InChI is InChI=1S/C21H17BrClN3O3/c1-28-19-9-16(12-25-26-21(27)14-6-4-8-24-11-14)17(22)10-20(19)29-13-15-5-2-3-7-18(15)23/h2-12H,13H2,1H3,(H,26,27)/b25-12-. The monoisotopic (exact) mass is 473 g/mol. The second kappa shape index (κ2) is 10.0. The molecule has 3 aromatic rings. The predicted octanol–water partition coefficient (Wildman–Crippen LogP) is 4.85. The smallest absolute Gasteiger partial charge is 0.272 e. The molecule has 0 atom stereocenters. The molecule has 0 unspecified atom stereocenters. The van der Waals surface area contributed by atoms with Crippen molar-refractivity contribution in [1.29, 1.82) is 0 Å². The fraction of sp³-hybridized carbons (Fsp3) is 0.0952. The van der Waals surface area contributed by atoms with Gasteiger partial charge in [0.1, 0.15) is 6.61 Å². The van der Waals surface area contributed by atoms with Gasteiger partial charge in [-0.15, -0.1) is 0 Å². The number of pyridine rings is 1. The van der Waals surface area contributed by atoms with Crippen LogP contribution >= 0.6 is 27.5 Å². The number of amides is 1. The van der Waals surface area contributed by atoms with Gasteiger partial charge in [0, 0.05) is 33.0 Å². The van der Waals surface area contributed by atoms with Crippen LogP contribution in [0.15, 0.2) is 70.5 Å². The van der Waals surface area contributed by atoms with Gasteiger partial charge in [-0.25, -0.2) is 5.43 Å². The Balaban J connectivity index is 1.70. The van der Waals surface area contributed by atoms with E-state index in [1.165, 1.54) is 12.4 Å². The number of rotatable bonds is 7. The van der Waals surface area contributed by atoms with Gasteiger partial charge in [-0.1, -0.05) is 29.8 Å². The van der Waals surface area contributed by atoms with Crippen LogP contribution in [0.2, 0.25) is 5.02 Å². The number of hydrogen-bond donors (Lipinski definition) is 1. The number of methoxy groups -OCH3 is 1. The summed E-state index contributed by atoms with van der Waals surface area (Å²) < 4.78 is 12.0. The number of ether oxygens (including phenoxy) is 2. The first-order valence-electron chi connectivity index (χ1n) is 8.55. The predicted molar refractivity (Wildman–Crippen MR) is 116 cm³/mol. The van der Waals surface area contributed by atoms with Crippen molar-refractivity contribution in [2.75, 3.05) is 7.11 Å². The summed E-state index contributed by atoms with van der Waals surface area (Å²) >= 11 is 9.66. The fourth-order valence-electron chi connectivity index (χ4n) is 2.42. The summed E-state index contributed by atoms with van der Waals surface area (Å²) in [4.78, 5) is 15.9. The number of nitrogens with zero attached hydrogens (tertiary/aromatic N) is 2. The Bertz CT molecular complexity index is 1030. The molecule has 0 spiro atoms. The maximum absolute atomic E-state index is 12.0. The van der Waals surface area contributed by atoms with E-state index in [9.17, 15) is 4.79 Å². The van der Waals surface area contributed by atoms with Gasteiger partial charge in [-0.05, 0) is 46.3 Å². The van der Waals surface area contributed by atoms with Crippen molar-refractivity contribution in [2.45, 2.75) is 6.61 Å². The normalized spacial score (nSPS) is 10.7. The van der Waals surface area contributed by atoms with Crippen molar-refractivity contribution in [3.8, 4) is 11.5 Å². The molecule has 0 saturated heterocycles. The van der Waals surface area contributed by atoms with E-state index in [1.807, 2.05) is 24.3 Å². The first-order chi connectivity index (χ1) is 14.1. The second-order valence-corrected chi connectivity index (χ2v) is 7.11. The molecule has 0 radical (unpaired) electrons. The Hall–Kier alpha value is -2.90. The third-order valence-electron chi connectivity index (χ3n) is 3.92. The zero-order valence-corrected chi connectivity index (χ0v) is 17.8.